The molecule has 0 amide bonds. The van der Waals surface area contributed by atoms with Crippen LogP contribution in [0.3, 0.4) is 0 Å². The highest BCUT2D eigenvalue weighted by molar-refractivity contribution is 5.97. The second kappa shape index (κ2) is 13.5. The number of benzene rings is 2. The molecule has 0 heterocycles. The molecule has 4 N–H and O–H groups in total. The van der Waals surface area contributed by atoms with E-state index in [9.17, 15) is 4.79 Å². The number of hydrogen-bond acceptors (Lipinski definition) is 5. The molecule has 0 radical (unpaired) electrons. The van der Waals surface area contributed by atoms with Crippen LogP contribution in [0.2, 0.25) is 0 Å². The van der Waals surface area contributed by atoms with Crippen LogP contribution in [0.25, 0.3) is 0 Å². The Kier molecular flexibility index (Phi) is 9.58. The van der Waals surface area contributed by atoms with Gasteiger partial charge in [-0.25, -0.2) is 4.79 Å². The molecule has 188 valence electrons. The average Bonchev–Trinajstić information content (AvgIpc) is 2.80. The second-order valence-corrected chi connectivity index (χ2v) is 5.66. The fourth-order valence-electron chi connectivity index (χ4n) is 1.99. The van der Waals surface area contributed by atoms with E-state index in [1.165, 1.54) is 12.1 Å². The first-order valence-electron chi connectivity index (χ1n) is 9.16. The third-order valence-corrected chi connectivity index (χ3v) is 3.36. The largest absolute Gasteiger partial charge is 0.423 e. The highest BCUT2D eigenvalue weighted by Crippen LogP contribution is 2.21. The molecule has 0 spiro atoms. The molecule has 0 aliphatic rings. The molecular weight excluding hydrogens is 412 g/mol. The molecule has 0 aliphatic carbocycles. The van der Waals surface area contributed by atoms with Crippen molar-refractivity contribution < 1.29 is 38.5 Å². The number of anilines is 2. The van der Waals surface area contributed by atoms with E-state index in [1.54, 1.807) is 37.3 Å². The number of carbonyl (C=O) groups is 1. The summed E-state index contributed by atoms with van der Waals surface area (Å²) in [4.78, 5) is 12.2. The Labute approximate surface area is 218 Å². The maximum absolute atomic E-state index is 12.2. The minimum absolute atomic E-state index is 0. The van der Waals surface area contributed by atoms with Crippen LogP contribution in [0.15, 0.2) is 42.5 Å². The molecule has 0 saturated carbocycles. The molecule has 0 saturated heterocycles. The van der Waals surface area contributed by atoms with Gasteiger partial charge in [-0.2, -0.15) is 0 Å². The van der Waals surface area contributed by atoms with Gasteiger partial charge in [0.25, 0.3) is 0 Å². The lowest BCUT2D eigenvalue weighted by atomic mass is 10.1. The Morgan fingerprint density at radius 1 is 0.727 bits per heavy atom. The lowest BCUT2D eigenvalue weighted by Gasteiger charge is -2.07. The van der Waals surface area contributed by atoms with Gasteiger partial charge in [0.05, 0.1) is 5.56 Å². The van der Waals surface area contributed by atoms with Crippen LogP contribution in [0.5, 0.6) is 11.5 Å². The number of esters is 1. The van der Waals surface area contributed by atoms with Crippen molar-refractivity contribution in [1.82, 2.24) is 0 Å². The van der Waals surface area contributed by atoms with Crippen molar-refractivity contribution in [2.45, 2.75) is 6.92 Å². The van der Waals surface area contributed by atoms with Crippen LogP contribution in [-0.2, 0) is 0 Å². The quantitative estimate of drug-likeness (QED) is 0.232. The molecule has 2 aromatic carbocycles. The second-order valence-electron chi connectivity index (χ2n) is 5.66. The minimum atomic E-state index is -0.593. The van der Waals surface area contributed by atoms with Gasteiger partial charge < -0.3 is 20.9 Å². The maximum atomic E-state index is 12.2. The van der Waals surface area contributed by atoms with Gasteiger partial charge in [0, 0.05) is 71.2 Å². The normalized spacial score (nSPS) is 7.42. The van der Waals surface area contributed by atoms with Crippen LogP contribution < -0.4 is 20.9 Å². The minimum Gasteiger partial charge on any atom is -0.423 e. The molecule has 0 aromatic heterocycles. The highest BCUT2D eigenvalue weighted by Gasteiger charge is 2.12. The van der Waals surface area contributed by atoms with Crippen LogP contribution >= 0.6 is 0 Å². The van der Waals surface area contributed by atoms with Crippen LogP contribution in [0.1, 0.15) is 41.5 Å². The van der Waals surface area contributed by atoms with E-state index in [1.807, 2.05) is 0 Å². The van der Waals surface area contributed by atoms with Crippen LogP contribution in [0, 0.1) is 83.1 Å². The fourth-order valence-corrected chi connectivity index (χ4v) is 1.99. The van der Waals surface area contributed by atoms with Crippen LogP contribution in [0.4, 0.5) is 11.4 Å². The van der Waals surface area contributed by atoms with Crippen molar-refractivity contribution in [1.29, 1.82) is 0 Å². The predicted molar refractivity (Wildman–Crippen MR) is 163 cm³/mol. The van der Waals surface area contributed by atoms with Gasteiger partial charge >= 0.3 is 5.97 Å². The Hall–Kier alpha value is -5.77. The van der Waals surface area contributed by atoms with Gasteiger partial charge in [-0.3, -0.25) is 0 Å². The van der Waals surface area contributed by atoms with Crippen molar-refractivity contribution in [2.75, 3.05) is 11.5 Å². The zero-order valence-corrected chi connectivity index (χ0v) is 17.4. The number of rotatable bonds is 3. The number of hydrogen-bond donors (Lipinski definition) is 2. The SMILES string of the molecule is CC#CC#CC#CC#CC#CC#CC#COc1ccc(OC(=O)c2ccc(N)cc2N)cc1.[HH].[HH].[HH].[HH].[HH].[HH].[HH].[HH].[HH].[HH].[HH].[HH].[HH].[HH].[HH].[HH].[HH]. The standard InChI is InChI=1S/C28H14N2O3.17H2/c1-2-3-4-5-6-7-8-9-10-11-12-13-14-21-32-24-16-18-25(19-17-24)33-28(31)26-20-15-23(29)22-27(26)30;;;;;;;;;;;;;;;;;/h15-20,22H,29-30H2,1H3;17*1H. The first-order chi connectivity index (χ1) is 16.1. The number of nitrogens with two attached hydrogens (primary N) is 2. The van der Waals surface area contributed by atoms with Gasteiger partial charge in [-0.15, -0.1) is 0 Å². The van der Waals surface area contributed by atoms with E-state index >= 15 is 0 Å². The molecule has 0 atom stereocenters. The van der Waals surface area contributed by atoms with E-state index < -0.39 is 5.97 Å². The summed E-state index contributed by atoms with van der Waals surface area (Å²) in [5.74, 6) is 33.0. The third kappa shape index (κ3) is 9.06. The summed E-state index contributed by atoms with van der Waals surface area (Å²) in [6.07, 6.45) is 2.42. The Bertz CT molecular complexity index is 1530. The van der Waals surface area contributed by atoms with Crippen LogP contribution in [-0.4, -0.2) is 5.97 Å². The number of nitrogen functional groups attached to an aromatic ring is 2. The van der Waals surface area contributed by atoms with E-state index in [0.717, 1.165) is 0 Å². The fraction of sp³-hybridized carbons (Fsp3) is 0.0357. The number of carbonyl (C=O) groups excluding carboxylic acids is 1. The van der Waals surface area contributed by atoms with Crippen molar-refractivity contribution >= 4 is 17.3 Å². The molecule has 2 aromatic rings. The third-order valence-electron chi connectivity index (χ3n) is 3.36. The summed E-state index contributed by atoms with van der Waals surface area (Å²) < 4.78 is 10.5. The molecule has 5 heteroatoms. The average molecular weight is 461 g/mol. The van der Waals surface area contributed by atoms with Gasteiger partial charge in [-0.05, 0) is 84.9 Å². The van der Waals surface area contributed by atoms with Crippen molar-refractivity contribution in [3.05, 3.63) is 48.0 Å². The smallest absolute Gasteiger partial charge is 0.345 e. The summed E-state index contributed by atoms with van der Waals surface area (Å²) in [6, 6.07) is 10.9. The van der Waals surface area contributed by atoms with Crippen molar-refractivity contribution in [3.63, 3.8) is 0 Å². The van der Waals surface area contributed by atoms with E-state index in [0.29, 0.717) is 17.2 Å². The summed E-state index contributed by atoms with van der Waals surface area (Å²) in [6.45, 7) is 1.69. The summed E-state index contributed by atoms with van der Waals surface area (Å²) in [7, 11) is 0. The summed E-state index contributed by atoms with van der Waals surface area (Å²) >= 11 is 0. The zero-order valence-electron chi connectivity index (χ0n) is 17.4. The van der Waals surface area contributed by atoms with E-state index in [2.05, 4.69) is 83.1 Å². The lowest BCUT2D eigenvalue weighted by molar-refractivity contribution is 0.0736. The molecule has 5 nitrogen and oxygen atoms in total. The first-order valence-corrected chi connectivity index (χ1v) is 9.16. The molecule has 33 heavy (non-hydrogen) atoms. The zero-order chi connectivity index (χ0) is 23.7. The molecule has 0 unspecified atom stereocenters. The van der Waals surface area contributed by atoms with Gasteiger partial charge in [0.1, 0.15) is 17.6 Å². The van der Waals surface area contributed by atoms with E-state index in [-0.39, 0.29) is 35.5 Å². The predicted octanol–water partition coefficient (Wildman–Crippen LogP) is 6.63. The summed E-state index contributed by atoms with van der Waals surface area (Å²) in [5.41, 5.74) is 12.3. The molecule has 0 fully saturated rings. The number of ether oxygens (including phenoxy) is 2. The van der Waals surface area contributed by atoms with Gasteiger partial charge in [-0.1, -0.05) is 5.92 Å². The monoisotopic (exact) mass is 460 g/mol. The van der Waals surface area contributed by atoms with Gasteiger partial charge in [0.15, 0.2) is 0 Å². The highest BCUT2D eigenvalue weighted by atomic mass is 16.5. The molecule has 0 aliphatic heterocycles. The van der Waals surface area contributed by atoms with E-state index in [4.69, 9.17) is 20.9 Å². The lowest BCUT2D eigenvalue weighted by Crippen LogP contribution is -2.11. The Morgan fingerprint density at radius 2 is 1.24 bits per heavy atom. The topological polar surface area (TPSA) is 87.6 Å². The first kappa shape index (κ1) is 23.5. The summed E-state index contributed by atoms with van der Waals surface area (Å²) in [5, 5.41) is 0. The maximum Gasteiger partial charge on any atom is 0.345 e. The van der Waals surface area contributed by atoms with Crippen molar-refractivity contribution in [3.8, 4) is 94.6 Å². The Balaban J connectivity index is -0.0000000486. The Morgan fingerprint density at radius 3 is 1.79 bits per heavy atom. The van der Waals surface area contributed by atoms with Gasteiger partial charge in [0.2, 0.25) is 0 Å². The molecular formula is C28H48N2O3. The molecule has 0 bridgehead atoms. The van der Waals surface area contributed by atoms with Crippen molar-refractivity contribution in [2.24, 2.45) is 0 Å². The molecule has 2 rings (SSSR count).